The first-order valence-electron chi connectivity index (χ1n) is 6.63. The lowest BCUT2D eigenvalue weighted by Crippen LogP contribution is -2.38. The fraction of sp³-hybridized carbons (Fsp3) is 0.786. The largest absolute Gasteiger partial charge is 0.342 e. The standard InChI is InChI=1S/C14H24N2O/c1-4-13(5-2)16-14(17)9-11(3)12-7-6-8-15-10-12/h1,11-13,15H,5-10H2,2-3H3,(H,16,17). The minimum atomic E-state index is -0.112. The van der Waals surface area contributed by atoms with Gasteiger partial charge in [0.25, 0.3) is 0 Å². The molecule has 1 aliphatic heterocycles. The number of hydrogen-bond acceptors (Lipinski definition) is 2. The third kappa shape index (κ3) is 4.79. The van der Waals surface area contributed by atoms with Crippen molar-refractivity contribution < 1.29 is 4.79 Å². The van der Waals surface area contributed by atoms with Crippen molar-refractivity contribution in [2.45, 2.75) is 45.6 Å². The summed E-state index contributed by atoms with van der Waals surface area (Å²) in [6, 6.07) is -0.112. The van der Waals surface area contributed by atoms with Crippen molar-refractivity contribution in [3.63, 3.8) is 0 Å². The van der Waals surface area contributed by atoms with Gasteiger partial charge >= 0.3 is 0 Å². The third-order valence-electron chi connectivity index (χ3n) is 3.59. The van der Waals surface area contributed by atoms with Crippen molar-refractivity contribution in [2.75, 3.05) is 13.1 Å². The summed E-state index contributed by atoms with van der Waals surface area (Å²) in [5, 5.41) is 6.28. The molecule has 3 atom stereocenters. The molecule has 2 N–H and O–H groups in total. The lowest BCUT2D eigenvalue weighted by Gasteiger charge is -2.28. The predicted octanol–water partition coefficient (Wildman–Crippen LogP) is 1.54. The number of rotatable bonds is 5. The van der Waals surface area contributed by atoms with Crippen LogP contribution in [-0.2, 0) is 4.79 Å². The second-order valence-corrected chi connectivity index (χ2v) is 4.98. The molecule has 3 heteroatoms. The Morgan fingerprint density at radius 1 is 1.65 bits per heavy atom. The Balaban J connectivity index is 2.32. The summed E-state index contributed by atoms with van der Waals surface area (Å²) in [4.78, 5) is 11.8. The molecule has 0 saturated carbocycles. The van der Waals surface area contributed by atoms with Gasteiger partial charge in [0.1, 0.15) is 0 Å². The molecule has 17 heavy (non-hydrogen) atoms. The van der Waals surface area contributed by atoms with Crippen molar-refractivity contribution >= 4 is 5.91 Å². The minimum Gasteiger partial charge on any atom is -0.342 e. The lowest BCUT2D eigenvalue weighted by molar-refractivity contribution is -0.122. The van der Waals surface area contributed by atoms with Crippen LogP contribution in [0, 0.1) is 24.2 Å². The molecular weight excluding hydrogens is 212 g/mol. The van der Waals surface area contributed by atoms with E-state index in [1.54, 1.807) is 0 Å². The zero-order chi connectivity index (χ0) is 12.7. The fourth-order valence-electron chi connectivity index (χ4n) is 2.34. The zero-order valence-electron chi connectivity index (χ0n) is 11.0. The molecule has 0 bridgehead atoms. The Hall–Kier alpha value is -1.01. The molecule has 3 nitrogen and oxygen atoms in total. The van der Waals surface area contributed by atoms with Gasteiger partial charge in [-0.1, -0.05) is 19.8 Å². The SMILES string of the molecule is C#CC(CC)NC(=O)CC(C)C1CCCNC1. The van der Waals surface area contributed by atoms with Gasteiger partial charge in [0.05, 0.1) is 6.04 Å². The van der Waals surface area contributed by atoms with Crippen LogP contribution >= 0.6 is 0 Å². The van der Waals surface area contributed by atoms with Gasteiger partial charge in [-0.25, -0.2) is 0 Å². The Bertz CT molecular complexity index is 276. The quantitative estimate of drug-likeness (QED) is 0.711. The number of hydrogen-bond donors (Lipinski definition) is 2. The number of carbonyl (C=O) groups excluding carboxylic acids is 1. The Morgan fingerprint density at radius 3 is 2.94 bits per heavy atom. The van der Waals surface area contributed by atoms with E-state index in [1.807, 2.05) is 6.92 Å². The maximum Gasteiger partial charge on any atom is 0.221 e. The predicted molar refractivity (Wildman–Crippen MR) is 70.4 cm³/mol. The summed E-state index contributed by atoms with van der Waals surface area (Å²) in [5.74, 6) is 3.74. The fourth-order valence-corrected chi connectivity index (χ4v) is 2.34. The first-order chi connectivity index (χ1) is 8.17. The topological polar surface area (TPSA) is 41.1 Å². The molecule has 0 spiro atoms. The summed E-state index contributed by atoms with van der Waals surface area (Å²) < 4.78 is 0. The zero-order valence-corrected chi connectivity index (χ0v) is 11.0. The molecule has 0 aliphatic carbocycles. The van der Waals surface area contributed by atoms with E-state index in [9.17, 15) is 4.79 Å². The van der Waals surface area contributed by atoms with Gasteiger partial charge in [-0.15, -0.1) is 6.42 Å². The average molecular weight is 236 g/mol. The van der Waals surface area contributed by atoms with Crippen molar-refractivity contribution in [2.24, 2.45) is 11.8 Å². The lowest BCUT2D eigenvalue weighted by atomic mass is 9.85. The van der Waals surface area contributed by atoms with Gasteiger partial charge in [0.15, 0.2) is 0 Å². The highest BCUT2D eigenvalue weighted by Crippen LogP contribution is 2.22. The Morgan fingerprint density at radius 2 is 2.41 bits per heavy atom. The highest BCUT2D eigenvalue weighted by atomic mass is 16.1. The smallest absolute Gasteiger partial charge is 0.221 e. The molecule has 0 aromatic heterocycles. The van der Waals surface area contributed by atoms with Gasteiger partial charge in [0, 0.05) is 6.42 Å². The molecule has 1 heterocycles. The van der Waals surface area contributed by atoms with Crippen molar-refractivity contribution in [3.8, 4) is 12.3 Å². The monoisotopic (exact) mass is 236 g/mol. The second-order valence-electron chi connectivity index (χ2n) is 4.98. The number of carbonyl (C=O) groups is 1. The summed E-state index contributed by atoms with van der Waals surface area (Å²) in [6.45, 7) is 6.30. The van der Waals surface area contributed by atoms with Gasteiger partial charge in [-0.3, -0.25) is 4.79 Å². The van der Waals surface area contributed by atoms with Crippen LogP contribution in [0.15, 0.2) is 0 Å². The highest BCUT2D eigenvalue weighted by Gasteiger charge is 2.22. The van der Waals surface area contributed by atoms with Crippen LogP contribution in [0.25, 0.3) is 0 Å². The van der Waals surface area contributed by atoms with E-state index >= 15 is 0 Å². The Kier molecular flexibility index (Phi) is 6.07. The van der Waals surface area contributed by atoms with Gasteiger partial charge in [0.2, 0.25) is 5.91 Å². The van der Waals surface area contributed by atoms with E-state index in [2.05, 4.69) is 23.5 Å². The molecule has 1 fully saturated rings. The normalized spacial score (nSPS) is 23.5. The second kappa shape index (κ2) is 7.34. The van der Waals surface area contributed by atoms with Gasteiger partial charge in [-0.2, -0.15) is 0 Å². The van der Waals surface area contributed by atoms with E-state index in [4.69, 9.17) is 6.42 Å². The molecule has 1 saturated heterocycles. The van der Waals surface area contributed by atoms with Crippen LogP contribution in [0.4, 0.5) is 0 Å². The summed E-state index contributed by atoms with van der Waals surface area (Å²) in [6.07, 6.45) is 9.16. The highest BCUT2D eigenvalue weighted by molar-refractivity contribution is 5.76. The number of piperidine rings is 1. The molecule has 0 aromatic carbocycles. The molecule has 1 aliphatic rings. The molecule has 96 valence electrons. The summed E-state index contributed by atoms with van der Waals surface area (Å²) in [5.41, 5.74) is 0. The average Bonchev–Trinajstić information content (AvgIpc) is 2.37. The molecule has 3 unspecified atom stereocenters. The first kappa shape index (κ1) is 14.1. The van der Waals surface area contributed by atoms with E-state index in [0.717, 1.165) is 19.5 Å². The maximum absolute atomic E-state index is 11.8. The van der Waals surface area contributed by atoms with Crippen LogP contribution < -0.4 is 10.6 Å². The summed E-state index contributed by atoms with van der Waals surface area (Å²) in [7, 11) is 0. The maximum atomic E-state index is 11.8. The molecule has 1 amide bonds. The third-order valence-corrected chi connectivity index (χ3v) is 3.59. The van der Waals surface area contributed by atoms with Crippen LogP contribution in [0.1, 0.15) is 39.5 Å². The van der Waals surface area contributed by atoms with Crippen molar-refractivity contribution in [1.29, 1.82) is 0 Å². The van der Waals surface area contributed by atoms with E-state index in [-0.39, 0.29) is 11.9 Å². The molecule has 1 rings (SSSR count). The molecule has 0 radical (unpaired) electrons. The van der Waals surface area contributed by atoms with Crippen LogP contribution in [0.2, 0.25) is 0 Å². The minimum absolute atomic E-state index is 0.0906. The first-order valence-corrected chi connectivity index (χ1v) is 6.63. The van der Waals surface area contributed by atoms with Crippen LogP contribution in [0.5, 0.6) is 0 Å². The number of amides is 1. The van der Waals surface area contributed by atoms with Crippen molar-refractivity contribution in [3.05, 3.63) is 0 Å². The van der Waals surface area contributed by atoms with Crippen LogP contribution in [-0.4, -0.2) is 25.0 Å². The molecule has 0 aromatic rings. The van der Waals surface area contributed by atoms with E-state index in [0.29, 0.717) is 18.3 Å². The molecular formula is C14H24N2O. The summed E-state index contributed by atoms with van der Waals surface area (Å²) >= 11 is 0. The number of terminal acetylenes is 1. The number of nitrogens with one attached hydrogen (secondary N) is 2. The Labute approximate surface area is 105 Å². The van der Waals surface area contributed by atoms with Crippen LogP contribution in [0.3, 0.4) is 0 Å². The van der Waals surface area contributed by atoms with E-state index in [1.165, 1.54) is 12.8 Å². The van der Waals surface area contributed by atoms with E-state index < -0.39 is 0 Å². The van der Waals surface area contributed by atoms with Gasteiger partial charge in [-0.05, 0) is 44.2 Å². The van der Waals surface area contributed by atoms with Gasteiger partial charge < -0.3 is 10.6 Å². The van der Waals surface area contributed by atoms with Crippen molar-refractivity contribution in [1.82, 2.24) is 10.6 Å².